The van der Waals surface area contributed by atoms with E-state index in [0.717, 1.165) is 22.4 Å². The molecule has 0 radical (unpaired) electrons. The van der Waals surface area contributed by atoms with E-state index in [4.69, 9.17) is 14.6 Å². The van der Waals surface area contributed by atoms with Crippen LogP contribution in [0.5, 0.6) is 11.5 Å². The van der Waals surface area contributed by atoms with Gasteiger partial charge in [0.1, 0.15) is 5.82 Å². The standard InChI is InChI=1S/C30H27N3O5S/c1-16-26-27(17-10-11-23(37-2)24(15-17)38-3)28-20(13-18(14-22(28)34)25-9-6-12-39-25)31-29(26)33(32-16)21-8-5-4-7-19(21)30(35)36/h4-12,15,18,27,31H,13-14H2,1-3H3,(H,35,36). The largest absolute Gasteiger partial charge is 0.493 e. The summed E-state index contributed by atoms with van der Waals surface area (Å²) in [4.78, 5) is 27.1. The summed E-state index contributed by atoms with van der Waals surface area (Å²) in [5.41, 5.74) is 4.57. The zero-order valence-electron chi connectivity index (χ0n) is 21.7. The van der Waals surface area contributed by atoms with Gasteiger partial charge < -0.3 is 19.9 Å². The Bertz CT molecular complexity index is 1640. The first-order valence-electron chi connectivity index (χ1n) is 12.6. The number of Topliss-reactive ketones (excluding diaryl/α,β-unsaturated/α-hetero) is 1. The number of allylic oxidation sites excluding steroid dienone is 2. The smallest absolute Gasteiger partial charge is 0.337 e. The molecule has 2 aromatic heterocycles. The summed E-state index contributed by atoms with van der Waals surface area (Å²) >= 11 is 1.66. The Hall–Kier alpha value is -4.37. The van der Waals surface area contributed by atoms with E-state index in [1.807, 2.05) is 36.6 Å². The lowest BCUT2D eigenvalue weighted by atomic mass is 9.73. The minimum absolute atomic E-state index is 0.0696. The molecule has 2 unspecified atom stereocenters. The molecule has 2 atom stereocenters. The number of carbonyl (C=O) groups excluding carboxylic acids is 1. The Labute approximate surface area is 229 Å². The summed E-state index contributed by atoms with van der Waals surface area (Å²) in [6.45, 7) is 1.89. The molecule has 0 fully saturated rings. The average molecular weight is 542 g/mol. The van der Waals surface area contributed by atoms with Crippen LogP contribution in [0.25, 0.3) is 5.69 Å². The number of para-hydroxylation sites is 1. The topological polar surface area (TPSA) is 103 Å². The number of ketones is 1. The highest BCUT2D eigenvalue weighted by Crippen LogP contribution is 2.50. The molecule has 6 rings (SSSR count). The lowest BCUT2D eigenvalue weighted by Gasteiger charge is -2.35. The molecule has 2 N–H and O–H groups in total. The quantitative estimate of drug-likeness (QED) is 0.313. The summed E-state index contributed by atoms with van der Waals surface area (Å²) in [6.07, 6.45) is 1.09. The molecule has 0 saturated heterocycles. The first kappa shape index (κ1) is 24.9. The summed E-state index contributed by atoms with van der Waals surface area (Å²) < 4.78 is 12.7. The lowest BCUT2D eigenvalue weighted by Crippen LogP contribution is -2.30. The average Bonchev–Trinajstić information content (AvgIpc) is 3.60. The number of ether oxygens (including phenoxy) is 2. The molecule has 198 valence electrons. The van der Waals surface area contributed by atoms with Gasteiger partial charge in [0.25, 0.3) is 0 Å². The zero-order chi connectivity index (χ0) is 27.3. The number of methoxy groups -OCH3 is 2. The number of carboxylic acid groups (broad SMARTS) is 1. The first-order chi connectivity index (χ1) is 18.9. The third-order valence-corrected chi connectivity index (χ3v) is 8.55. The molecule has 9 heteroatoms. The van der Waals surface area contributed by atoms with Crippen molar-refractivity contribution in [3.05, 3.63) is 98.5 Å². The number of aryl methyl sites for hydroxylation is 1. The van der Waals surface area contributed by atoms with Crippen molar-refractivity contribution in [1.82, 2.24) is 9.78 Å². The van der Waals surface area contributed by atoms with Crippen molar-refractivity contribution in [2.24, 2.45) is 0 Å². The molecular weight excluding hydrogens is 514 g/mol. The maximum atomic E-state index is 13.9. The predicted octanol–water partition coefficient (Wildman–Crippen LogP) is 5.92. The molecule has 0 saturated carbocycles. The first-order valence-corrected chi connectivity index (χ1v) is 13.5. The number of fused-ring (bicyclic) bond motifs is 1. The van der Waals surface area contributed by atoms with Crippen LogP contribution in [0, 0.1) is 6.92 Å². The Morgan fingerprint density at radius 2 is 1.87 bits per heavy atom. The van der Waals surface area contributed by atoms with E-state index in [1.54, 1.807) is 54.5 Å². The summed E-state index contributed by atoms with van der Waals surface area (Å²) in [5.74, 6) is 0.548. The van der Waals surface area contributed by atoms with Gasteiger partial charge in [0.2, 0.25) is 0 Å². The van der Waals surface area contributed by atoms with Gasteiger partial charge in [-0.1, -0.05) is 24.3 Å². The second-order valence-electron chi connectivity index (χ2n) is 9.69. The fourth-order valence-electron chi connectivity index (χ4n) is 5.78. The monoisotopic (exact) mass is 541 g/mol. The van der Waals surface area contributed by atoms with Crippen LogP contribution in [0.2, 0.25) is 0 Å². The third kappa shape index (κ3) is 4.10. The van der Waals surface area contributed by atoms with Gasteiger partial charge in [0, 0.05) is 40.0 Å². The van der Waals surface area contributed by atoms with Gasteiger partial charge in [-0.15, -0.1) is 11.3 Å². The molecule has 3 heterocycles. The van der Waals surface area contributed by atoms with Crippen molar-refractivity contribution in [2.45, 2.75) is 31.6 Å². The van der Waals surface area contributed by atoms with Gasteiger partial charge in [0.15, 0.2) is 17.3 Å². The number of aromatic carboxylic acids is 1. The number of benzene rings is 2. The molecule has 0 bridgehead atoms. The van der Waals surface area contributed by atoms with Crippen LogP contribution >= 0.6 is 11.3 Å². The molecule has 1 aliphatic carbocycles. The second kappa shape index (κ2) is 9.74. The number of anilines is 1. The zero-order valence-corrected chi connectivity index (χ0v) is 22.5. The SMILES string of the molecule is COc1ccc(C2C3=C(CC(c4cccs4)CC3=O)Nc3c2c(C)nn3-c2ccccc2C(=O)O)cc1OC. The van der Waals surface area contributed by atoms with Gasteiger partial charge in [-0.05, 0) is 54.6 Å². The second-order valence-corrected chi connectivity index (χ2v) is 10.7. The van der Waals surface area contributed by atoms with Crippen LogP contribution in [0.1, 0.15) is 56.7 Å². The lowest BCUT2D eigenvalue weighted by molar-refractivity contribution is -0.116. The normalized spacial score (nSPS) is 18.3. The fraction of sp³-hybridized carbons (Fsp3) is 0.233. The van der Waals surface area contributed by atoms with Crippen LogP contribution in [0.4, 0.5) is 5.82 Å². The number of nitrogens with one attached hydrogen (secondary N) is 1. The van der Waals surface area contributed by atoms with E-state index in [9.17, 15) is 14.7 Å². The number of carbonyl (C=O) groups is 2. The Morgan fingerprint density at radius 3 is 2.59 bits per heavy atom. The van der Waals surface area contributed by atoms with Gasteiger partial charge in [-0.3, -0.25) is 4.79 Å². The van der Waals surface area contributed by atoms with Crippen LogP contribution in [-0.2, 0) is 4.79 Å². The van der Waals surface area contributed by atoms with E-state index in [2.05, 4.69) is 11.4 Å². The Kier molecular flexibility index (Phi) is 6.23. The molecular formula is C30H27N3O5S. The Morgan fingerprint density at radius 1 is 1.08 bits per heavy atom. The van der Waals surface area contributed by atoms with Crippen LogP contribution in [-0.4, -0.2) is 40.9 Å². The van der Waals surface area contributed by atoms with Gasteiger partial charge in [-0.2, -0.15) is 5.10 Å². The molecule has 0 spiro atoms. The van der Waals surface area contributed by atoms with Crippen molar-refractivity contribution in [3.63, 3.8) is 0 Å². The number of hydrogen-bond acceptors (Lipinski definition) is 7. The summed E-state index contributed by atoms with van der Waals surface area (Å²) in [7, 11) is 3.17. The molecule has 2 aromatic carbocycles. The van der Waals surface area contributed by atoms with E-state index in [1.165, 1.54) is 4.88 Å². The van der Waals surface area contributed by atoms with E-state index < -0.39 is 11.9 Å². The fourth-order valence-corrected chi connectivity index (χ4v) is 6.61. The highest BCUT2D eigenvalue weighted by Gasteiger charge is 2.42. The molecule has 0 amide bonds. The minimum Gasteiger partial charge on any atom is -0.493 e. The van der Waals surface area contributed by atoms with Crippen LogP contribution < -0.4 is 14.8 Å². The van der Waals surface area contributed by atoms with E-state index in [0.29, 0.717) is 41.5 Å². The summed E-state index contributed by atoms with van der Waals surface area (Å²) in [6, 6.07) is 16.6. The van der Waals surface area contributed by atoms with Gasteiger partial charge >= 0.3 is 5.97 Å². The van der Waals surface area contributed by atoms with Gasteiger partial charge in [0.05, 0.1) is 31.2 Å². The summed E-state index contributed by atoms with van der Waals surface area (Å²) in [5, 5.41) is 20.3. The Balaban J connectivity index is 1.58. The number of aromatic nitrogens is 2. The maximum Gasteiger partial charge on any atom is 0.337 e. The van der Waals surface area contributed by atoms with E-state index in [-0.39, 0.29) is 17.3 Å². The highest BCUT2D eigenvalue weighted by atomic mass is 32.1. The number of thiophene rings is 1. The van der Waals surface area contributed by atoms with Crippen molar-refractivity contribution < 1.29 is 24.2 Å². The van der Waals surface area contributed by atoms with Crippen molar-refractivity contribution >= 4 is 28.9 Å². The number of nitrogens with zero attached hydrogens (tertiary/aromatic N) is 2. The predicted molar refractivity (Wildman–Crippen MR) is 149 cm³/mol. The van der Waals surface area contributed by atoms with Gasteiger partial charge in [-0.25, -0.2) is 9.48 Å². The third-order valence-electron chi connectivity index (χ3n) is 7.51. The molecule has 8 nitrogen and oxygen atoms in total. The number of rotatable bonds is 6. The maximum absolute atomic E-state index is 13.9. The molecule has 4 aromatic rings. The van der Waals surface area contributed by atoms with Crippen molar-refractivity contribution in [3.8, 4) is 17.2 Å². The van der Waals surface area contributed by atoms with Crippen LogP contribution in [0.3, 0.4) is 0 Å². The molecule has 1 aliphatic heterocycles. The molecule has 39 heavy (non-hydrogen) atoms. The minimum atomic E-state index is -1.04. The van der Waals surface area contributed by atoms with Crippen molar-refractivity contribution in [1.29, 1.82) is 0 Å². The van der Waals surface area contributed by atoms with Crippen LogP contribution in [0.15, 0.2) is 71.2 Å². The molecule has 2 aliphatic rings. The van der Waals surface area contributed by atoms with Crippen molar-refractivity contribution in [2.75, 3.05) is 19.5 Å². The highest BCUT2D eigenvalue weighted by molar-refractivity contribution is 7.10. The number of hydrogen-bond donors (Lipinski definition) is 2. The van der Waals surface area contributed by atoms with E-state index >= 15 is 0 Å². The number of carboxylic acids is 1.